The summed E-state index contributed by atoms with van der Waals surface area (Å²) in [5.74, 6) is -1.76. The number of aryl methyl sites for hydroxylation is 1. The first kappa shape index (κ1) is 18.6. The highest BCUT2D eigenvalue weighted by Gasteiger charge is 2.23. The summed E-state index contributed by atoms with van der Waals surface area (Å²) in [6, 6.07) is 14.4. The molecule has 2 aromatic rings. The van der Waals surface area contributed by atoms with Gasteiger partial charge in [-0.3, -0.25) is 9.59 Å². The molecule has 8 heteroatoms. The molecule has 1 atom stereocenters. The average molecular weight is 362 g/mol. The van der Waals surface area contributed by atoms with Crippen molar-refractivity contribution in [2.45, 2.75) is 17.9 Å². The number of hydrogen-bond acceptors (Lipinski definition) is 5. The number of primary amides is 1. The van der Waals surface area contributed by atoms with E-state index in [1.54, 1.807) is 42.5 Å². The van der Waals surface area contributed by atoms with Gasteiger partial charge < -0.3 is 10.5 Å². The lowest BCUT2D eigenvalue weighted by Crippen LogP contribution is -2.33. The minimum atomic E-state index is -3.86. The number of carbonyl (C=O) groups is 2. The number of hydrogen-bond donors (Lipinski definition) is 2. The molecule has 0 aliphatic heterocycles. The van der Waals surface area contributed by atoms with E-state index >= 15 is 0 Å². The Morgan fingerprint density at radius 1 is 1.08 bits per heavy atom. The molecular formula is C17H18N2O5S. The molecule has 0 heterocycles. The van der Waals surface area contributed by atoms with Gasteiger partial charge in [-0.2, -0.15) is 4.72 Å². The zero-order valence-corrected chi connectivity index (χ0v) is 14.3. The molecule has 25 heavy (non-hydrogen) atoms. The van der Waals surface area contributed by atoms with Gasteiger partial charge in [-0.1, -0.05) is 48.0 Å². The van der Waals surface area contributed by atoms with Crippen molar-refractivity contribution in [2.24, 2.45) is 5.73 Å². The van der Waals surface area contributed by atoms with Crippen LogP contribution in [0.25, 0.3) is 0 Å². The minimum absolute atomic E-state index is 0.0282. The molecule has 3 N–H and O–H groups in total. The number of sulfonamides is 1. The number of rotatable bonds is 7. The fourth-order valence-corrected chi connectivity index (χ4v) is 3.01. The molecule has 0 radical (unpaired) electrons. The maximum absolute atomic E-state index is 12.1. The lowest BCUT2D eigenvalue weighted by Gasteiger charge is -2.15. The van der Waals surface area contributed by atoms with Gasteiger partial charge in [0.1, 0.15) is 6.54 Å². The third-order valence-electron chi connectivity index (χ3n) is 3.35. The Bertz CT molecular complexity index is 848. The molecule has 0 aliphatic carbocycles. The van der Waals surface area contributed by atoms with Gasteiger partial charge in [0.25, 0.3) is 5.91 Å². The SMILES string of the molecule is Cc1ccc(S(=O)(=O)NCC(=O)OC(C(N)=O)c2ccccc2)cc1. The van der Waals surface area contributed by atoms with Crippen LogP contribution < -0.4 is 10.5 Å². The first-order valence-corrected chi connectivity index (χ1v) is 8.88. The number of esters is 1. The van der Waals surface area contributed by atoms with Crippen LogP contribution in [0.4, 0.5) is 0 Å². The summed E-state index contributed by atoms with van der Waals surface area (Å²) in [7, 11) is -3.86. The second-order valence-electron chi connectivity index (χ2n) is 5.32. The number of amides is 1. The van der Waals surface area contributed by atoms with Crippen molar-refractivity contribution in [3.05, 3.63) is 65.7 Å². The van der Waals surface area contributed by atoms with Gasteiger partial charge in [0.2, 0.25) is 16.1 Å². The zero-order chi connectivity index (χ0) is 18.4. The highest BCUT2D eigenvalue weighted by atomic mass is 32.2. The molecular weight excluding hydrogens is 344 g/mol. The molecule has 1 amide bonds. The molecule has 1 unspecified atom stereocenters. The van der Waals surface area contributed by atoms with E-state index in [1.807, 2.05) is 6.92 Å². The molecule has 0 saturated carbocycles. The van der Waals surface area contributed by atoms with Crippen LogP contribution in [0.15, 0.2) is 59.5 Å². The molecule has 0 aromatic heterocycles. The quantitative estimate of drug-likeness (QED) is 0.714. The Morgan fingerprint density at radius 3 is 2.24 bits per heavy atom. The third kappa shape index (κ3) is 5.13. The smallest absolute Gasteiger partial charge is 0.322 e. The summed E-state index contributed by atoms with van der Waals surface area (Å²) >= 11 is 0. The van der Waals surface area contributed by atoms with Gasteiger partial charge in [-0.15, -0.1) is 0 Å². The molecule has 2 rings (SSSR count). The highest BCUT2D eigenvalue weighted by molar-refractivity contribution is 7.89. The molecule has 7 nitrogen and oxygen atoms in total. The Morgan fingerprint density at radius 2 is 1.68 bits per heavy atom. The van der Waals surface area contributed by atoms with Gasteiger partial charge in [0, 0.05) is 5.56 Å². The number of carbonyl (C=O) groups excluding carboxylic acids is 2. The third-order valence-corrected chi connectivity index (χ3v) is 4.76. The average Bonchev–Trinajstić information content (AvgIpc) is 2.59. The van der Waals surface area contributed by atoms with Crippen molar-refractivity contribution in [2.75, 3.05) is 6.54 Å². The van der Waals surface area contributed by atoms with E-state index in [1.165, 1.54) is 12.1 Å². The van der Waals surface area contributed by atoms with E-state index in [2.05, 4.69) is 4.72 Å². The molecule has 0 aliphatic rings. The number of nitrogens with one attached hydrogen (secondary N) is 1. The number of benzene rings is 2. The van der Waals surface area contributed by atoms with Crippen molar-refractivity contribution in [1.82, 2.24) is 4.72 Å². The Hall–Kier alpha value is -2.71. The molecule has 132 valence electrons. The summed E-state index contributed by atoms with van der Waals surface area (Å²) in [4.78, 5) is 23.4. The fraction of sp³-hybridized carbons (Fsp3) is 0.176. The zero-order valence-electron chi connectivity index (χ0n) is 13.5. The normalized spacial score (nSPS) is 12.4. The van der Waals surface area contributed by atoms with E-state index in [9.17, 15) is 18.0 Å². The Balaban J connectivity index is 2.01. The lowest BCUT2D eigenvalue weighted by atomic mass is 10.1. The van der Waals surface area contributed by atoms with Crippen LogP contribution in [0.3, 0.4) is 0 Å². The van der Waals surface area contributed by atoms with Crippen molar-refractivity contribution in [1.29, 1.82) is 0 Å². The van der Waals surface area contributed by atoms with E-state index in [4.69, 9.17) is 10.5 Å². The van der Waals surface area contributed by atoms with Gasteiger partial charge in [-0.25, -0.2) is 8.42 Å². The topological polar surface area (TPSA) is 116 Å². The molecule has 0 fully saturated rings. The summed E-state index contributed by atoms with van der Waals surface area (Å²) in [6.45, 7) is 1.21. The van der Waals surface area contributed by atoms with Crippen molar-refractivity contribution in [3.8, 4) is 0 Å². The van der Waals surface area contributed by atoms with Crippen molar-refractivity contribution in [3.63, 3.8) is 0 Å². The minimum Gasteiger partial charge on any atom is -0.446 e. The van der Waals surface area contributed by atoms with Gasteiger partial charge in [-0.05, 0) is 19.1 Å². The monoisotopic (exact) mass is 362 g/mol. The van der Waals surface area contributed by atoms with Crippen LogP contribution in [-0.2, 0) is 24.3 Å². The Labute approximate surface area is 145 Å². The predicted molar refractivity (Wildman–Crippen MR) is 90.8 cm³/mol. The second kappa shape index (κ2) is 7.91. The predicted octanol–water partition coefficient (Wildman–Crippen LogP) is 1.04. The summed E-state index contributed by atoms with van der Waals surface area (Å²) in [5, 5.41) is 0. The summed E-state index contributed by atoms with van der Waals surface area (Å²) in [6.07, 6.45) is -1.28. The second-order valence-corrected chi connectivity index (χ2v) is 7.09. The summed E-state index contributed by atoms with van der Waals surface area (Å²) < 4.78 is 31.4. The highest BCUT2D eigenvalue weighted by Crippen LogP contribution is 2.17. The molecule has 0 bridgehead atoms. The van der Waals surface area contributed by atoms with Crippen molar-refractivity contribution < 1.29 is 22.7 Å². The first-order valence-electron chi connectivity index (χ1n) is 7.39. The standard InChI is InChI=1S/C17H18N2O5S/c1-12-7-9-14(10-8-12)25(22,23)19-11-15(20)24-16(17(18)21)13-5-3-2-4-6-13/h2-10,16,19H,11H2,1H3,(H2,18,21). The maximum atomic E-state index is 12.1. The maximum Gasteiger partial charge on any atom is 0.322 e. The Kier molecular flexibility index (Phi) is 5.89. The van der Waals surface area contributed by atoms with Crippen molar-refractivity contribution >= 4 is 21.9 Å². The molecule has 0 saturated heterocycles. The van der Waals surface area contributed by atoms with Crippen LogP contribution >= 0.6 is 0 Å². The van der Waals surface area contributed by atoms with Crippen LogP contribution in [0.1, 0.15) is 17.2 Å². The summed E-state index contributed by atoms with van der Waals surface area (Å²) in [5.41, 5.74) is 6.56. The largest absolute Gasteiger partial charge is 0.446 e. The fourth-order valence-electron chi connectivity index (χ4n) is 2.05. The van der Waals surface area contributed by atoms with E-state index < -0.39 is 34.5 Å². The van der Waals surface area contributed by atoms with Crippen LogP contribution in [-0.4, -0.2) is 26.8 Å². The van der Waals surface area contributed by atoms with E-state index in [0.717, 1.165) is 5.56 Å². The van der Waals surface area contributed by atoms with E-state index in [0.29, 0.717) is 5.56 Å². The lowest BCUT2D eigenvalue weighted by molar-refractivity contribution is -0.154. The van der Waals surface area contributed by atoms with Crippen LogP contribution in [0.5, 0.6) is 0 Å². The van der Waals surface area contributed by atoms with Crippen LogP contribution in [0.2, 0.25) is 0 Å². The van der Waals surface area contributed by atoms with E-state index in [-0.39, 0.29) is 4.90 Å². The van der Waals surface area contributed by atoms with Crippen LogP contribution in [0, 0.1) is 6.92 Å². The van der Waals surface area contributed by atoms with Gasteiger partial charge in [0.15, 0.2) is 0 Å². The van der Waals surface area contributed by atoms with Gasteiger partial charge >= 0.3 is 5.97 Å². The molecule has 2 aromatic carbocycles. The number of ether oxygens (including phenoxy) is 1. The number of nitrogens with two attached hydrogens (primary N) is 1. The van der Waals surface area contributed by atoms with Gasteiger partial charge in [0.05, 0.1) is 4.90 Å². The first-order chi connectivity index (χ1) is 11.8. The molecule has 0 spiro atoms.